The fourth-order valence-electron chi connectivity index (χ4n) is 1.67. The number of nitrogens with zero attached hydrogens (tertiary/aromatic N) is 1. The van der Waals surface area contributed by atoms with Crippen LogP contribution in [0.25, 0.3) is 11.3 Å². The summed E-state index contributed by atoms with van der Waals surface area (Å²) in [6.07, 6.45) is 0. The average molecular weight is 280 g/mol. The smallest absolute Gasteiger partial charge is 0.352 e. The average Bonchev–Trinajstić information content (AvgIpc) is 2.61. The Morgan fingerprint density at radius 3 is 2.50 bits per heavy atom. The van der Waals surface area contributed by atoms with Crippen molar-refractivity contribution in [2.45, 2.75) is 0 Å². The van der Waals surface area contributed by atoms with Crippen LogP contribution in [0.5, 0.6) is 0 Å². The van der Waals surface area contributed by atoms with Gasteiger partial charge in [0.2, 0.25) is 0 Å². The van der Waals surface area contributed by atoms with Crippen molar-refractivity contribution in [3.63, 3.8) is 0 Å². The second-order valence-electron chi connectivity index (χ2n) is 3.45. The lowest BCUT2D eigenvalue weighted by Gasteiger charge is -2.07. The van der Waals surface area contributed by atoms with E-state index in [1.165, 1.54) is 0 Å². The first kappa shape index (κ1) is 11.0. The van der Waals surface area contributed by atoms with Crippen molar-refractivity contribution < 1.29 is 9.90 Å². The number of carboxylic acid groups (broad SMARTS) is 1. The van der Waals surface area contributed by atoms with Gasteiger partial charge < -0.3 is 9.67 Å². The van der Waals surface area contributed by atoms with Gasteiger partial charge in [-0.15, -0.1) is 0 Å². The van der Waals surface area contributed by atoms with Gasteiger partial charge in [0.15, 0.2) is 0 Å². The molecule has 0 unspecified atom stereocenters. The van der Waals surface area contributed by atoms with E-state index in [1.54, 1.807) is 17.7 Å². The van der Waals surface area contributed by atoms with E-state index in [1.807, 2.05) is 30.3 Å². The maximum Gasteiger partial charge on any atom is 0.352 e. The lowest BCUT2D eigenvalue weighted by Crippen LogP contribution is -2.05. The molecule has 0 spiro atoms. The summed E-state index contributed by atoms with van der Waals surface area (Å²) in [6.45, 7) is 0. The Labute approximate surface area is 101 Å². The highest BCUT2D eigenvalue weighted by molar-refractivity contribution is 9.10. The standard InChI is InChI=1S/C12H10BrNO2/c1-14-10(6-7-11(14)12(15)16)8-4-2-3-5-9(8)13/h2-7H,1H3,(H,15,16). The molecule has 0 aliphatic carbocycles. The van der Waals surface area contributed by atoms with E-state index in [0.717, 1.165) is 15.7 Å². The molecule has 0 amide bonds. The maximum absolute atomic E-state index is 10.9. The molecule has 2 aromatic rings. The van der Waals surface area contributed by atoms with Gasteiger partial charge in [-0.2, -0.15) is 0 Å². The summed E-state index contributed by atoms with van der Waals surface area (Å²) in [6, 6.07) is 11.1. The molecule has 4 heteroatoms. The summed E-state index contributed by atoms with van der Waals surface area (Å²) in [5, 5.41) is 8.96. The van der Waals surface area contributed by atoms with Crippen LogP contribution in [0.2, 0.25) is 0 Å². The topological polar surface area (TPSA) is 42.2 Å². The number of benzene rings is 1. The van der Waals surface area contributed by atoms with Crippen LogP contribution >= 0.6 is 15.9 Å². The molecule has 2 rings (SSSR count). The molecule has 0 radical (unpaired) electrons. The number of hydrogen-bond acceptors (Lipinski definition) is 1. The van der Waals surface area contributed by atoms with Crippen LogP contribution < -0.4 is 0 Å². The summed E-state index contributed by atoms with van der Waals surface area (Å²) in [7, 11) is 1.75. The number of rotatable bonds is 2. The van der Waals surface area contributed by atoms with E-state index in [0.29, 0.717) is 0 Å². The van der Waals surface area contributed by atoms with E-state index >= 15 is 0 Å². The number of hydrogen-bond donors (Lipinski definition) is 1. The third-order valence-electron chi connectivity index (χ3n) is 2.49. The Morgan fingerprint density at radius 1 is 1.25 bits per heavy atom. The molecule has 0 saturated carbocycles. The van der Waals surface area contributed by atoms with E-state index in [2.05, 4.69) is 15.9 Å². The van der Waals surface area contributed by atoms with Crippen molar-refractivity contribution in [2.75, 3.05) is 0 Å². The van der Waals surface area contributed by atoms with Crippen LogP contribution in [0.1, 0.15) is 10.5 Å². The van der Waals surface area contributed by atoms with Crippen molar-refractivity contribution in [1.29, 1.82) is 0 Å². The summed E-state index contributed by atoms with van der Waals surface area (Å²) < 4.78 is 2.62. The minimum atomic E-state index is -0.916. The predicted molar refractivity (Wildman–Crippen MR) is 65.5 cm³/mol. The van der Waals surface area contributed by atoms with Gasteiger partial charge >= 0.3 is 5.97 Å². The fourth-order valence-corrected chi connectivity index (χ4v) is 2.15. The highest BCUT2D eigenvalue weighted by Gasteiger charge is 2.13. The molecule has 1 aromatic heterocycles. The third-order valence-corrected chi connectivity index (χ3v) is 3.18. The van der Waals surface area contributed by atoms with Crippen LogP contribution in [-0.2, 0) is 7.05 Å². The van der Waals surface area contributed by atoms with Gasteiger partial charge in [-0.1, -0.05) is 34.1 Å². The van der Waals surface area contributed by atoms with Gasteiger partial charge in [0.05, 0.1) is 0 Å². The maximum atomic E-state index is 10.9. The van der Waals surface area contributed by atoms with Crippen LogP contribution in [0.15, 0.2) is 40.9 Å². The molecule has 82 valence electrons. The number of carbonyl (C=O) groups is 1. The highest BCUT2D eigenvalue weighted by Crippen LogP contribution is 2.28. The van der Waals surface area contributed by atoms with Gasteiger partial charge in [-0.05, 0) is 18.2 Å². The molecule has 0 bridgehead atoms. The molecule has 0 aliphatic heterocycles. The summed E-state index contributed by atoms with van der Waals surface area (Å²) in [5.41, 5.74) is 2.15. The van der Waals surface area contributed by atoms with Crippen LogP contribution in [-0.4, -0.2) is 15.6 Å². The number of aromatic carboxylic acids is 1. The van der Waals surface area contributed by atoms with Crippen molar-refractivity contribution >= 4 is 21.9 Å². The second kappa shape index (κ2) is 4.14. The Bertz CT molecular complexity index is 546. The zero-order valence-corrected chi connectivity index (χ0v) is 10.2. The van der Waals surface area contributed by atoms with Crippen LogP contribution in [0.3, 0.4) is 0 Å². The molecule has 0 saturated heterocycles. The third kappa shape index (κ3) is 1.76. The minimum Gasteiger partial charge on any atom is -0.477 e. The Hall–Kier alpha value is -1.55. The monoisotopic (exact) mass is 279 g/mol. The first-order valence-corrected chi connectivity index (χ1v) is 5.54. The molecule has 1 heterocycles. The van der Waals surface area contributed by atoms with Gasteiger partial charge in [0, 0.05) is 22.8 Å². The molecule has 0 aliphatic rings. The highest BCUT2D eigenvalue weighted by atomic mass is 79.9. The van der Waals surface area contributed by atoms with Crippen LogP contribution in [0, 0.1) is 0 Å². The van der Waals surface area contributed by atoms with Gasteiger partial charge in [-0.25, -0.2) is 4.79 Å². The summed E-state index contributed by atoms with van der Waals surface area (Å²) >= 11 is 3.45. The Balaban J connectivity index is 2.58. The Kier molecular flexibility index (Phi) is 2.83. The number of aromatic nitrogens is 1. The minimum absolute atomic E-state index is 0.283. The van der Waals surface area contributed by atoms with E-state index in [9.17, 15) is 4.79 Å². The van der Waals surface area contributed by atoms with Crippen molar-refractivity contribution in [2.24, 2.45) is 7.05 Å². The van der Waals surface area contributed by atoms with Gasteiger partial charge in [0.1, 0.15) is 5.69 Å². The zero-order chi connectivity index (χ0) is 11.7. The first-order chi connectivity index (χ1) is 7.61. The van der Waals surface area contributed by atoms with Crippen molar-refractivity contribution in [3.8, 4) is 11.3 Å². The molecule has 3 nitrogen and oxygen atoms in total. The van der Waals surface area contributed by atoms with Crippen molar-refractivity contribution in [1.82, 2.24) is 4.57 Å². The molecule has 0 atom stereocenters. The second-order valence-corrected chi connectivity index (χ2v) is 4.30. The quantitative estimate of drug-likeness (QED) is 0.918. The van der Waals surface area contributed by atoms with E-state index in [4.69, 9.17) is 5.11 Å². The van der Waals surface area contributed by atoms with E-state index in [-0.39, 0.29) is 5.69 Å². The summed E-state index contributed by atoms with van der Waals surface area (Å²) in [4.78, 5) is 10.9. The SMILES string of the molecule is Cn1c(C(=O)O)ccc1-c1ccccc1Br. The molecule has 16 heavy (non-hydrogen) atoms. The molecule has 1 N–H and O–H groups in total. The lowest BCUT2D eigenvalue weighted by molar-refractivity contribution is 0.0687. The largest absolute Gasteiger partial charge is 0.477 e. The normalized spacial score (nSPS) is 10.4. The first-order valence-electron chi connectivity index (χ1n) is 4.75. The molecule has 1 aromatic carbocycles. The van der Waals surface area contributed by atoms with Gasteiger partial charge in [-0.3, -0.25) is 0 Å². The lowest BCUT2D eigenvalue weighted by atomic mass is 10.1. The van der Waals surface area contributed by atoms with Crippen molar-refractivity contribution in [3.05, 3.63) is 46.6 Å². The van der Waals surface area contributed by atoms with Crippen LogP contribution in [0.4, 0.5) is 0 Å². The number of carboxylic acids is 1. The predicted octanol–water partition coefficient (Wildman–Crippen LogP) is 3.15. The number of halogens is 1. The molecular weight excluding hydrogens is 270 g/mol. The van der Waals surface area contributed by atoms with E-state index < -0.39 is 5.97 Å². The Morgan fingerprint density at radius 2 is 1.94 bits per heavy atom. The van der Waals surface area contributed by atoms with Gasteiger partial charge in [0.25, 0.3) is 0 Å². The fraction of sp³-hybridized carbons (Fsp3) is 0.0833. The molecular formula is C12H10BrNO2. The molecule has 0 fully saturated rings. The zero-order valence-electron chi connectivity index (χ0n) is 8.64. The summed E-state index contributed by atoms with van der Waals surface area (Å²) in [5.74, 6) is -0.916.